The third kappa shape index (κ3) is 4.59. The van der Waals surface area contributed by atoms with Crippen LogP contribution in [0.2, 0.25) is 0 Å². The third-order valence-corrected chi connectivity index (χ3v) is 3.68. The highest BCUT2D eigenvalue weighted by Gasteiger charge is 2.18. The van der Waals surface area contributed by atoms with Gasteiger partial charge >= 0.3 is 0 Å². The smallest absolute Gasteiger partial charge is 0.265 e. The molecule has 2 rings (SSSR count). The molecule has 5 heteroatoms. The summed E-state index contributed by atoms with van der Waals surface area (Å²) in [7, 11) is 1.71. The zero-order valence-electron chi connectivity index (χ0n) is 14.2. The van der Waals surface area contributed by atoms with E-state index < -0.39 is 6.10 Å². The number of hydrogen-bond donors (Lipinski definition) is 1. The molecule has 0 saturated carbocycles. The van der Waals surface area contributed by atoms with Gasteiger partial charge in [0.25, 0.3) is 5.91 Å². The quantitative estimate of drug-likeness (QED) is 0.884. The van der Waals surface area contributed by atoms with Gasteiger partial charge in [-0.15, -0.1) is 0 Å². The molecular formula is C19H22N2O3. The Labute approximate surface area is 142 Å². The largest absolute Gasteiger partial charge is 0.481 e. The van der Waals surface area contributed by atoms with Crippen LogP contribution >= 0.6 is 0 Å². The predicted octanol–water partition coefficient (Wildman–Crippen LogP) is 3.47. The molecule has 0 aliphatic carbocycles. The Morgan fingerprint density at radius 1 is 1.08 bits per heavy atom. The Bertz CT molecular complexity index is 684. The summed E-state index contributed by atoms with van der Waals surface area (Å²) in [6.45, 7) is 3.40. The molecule has 0 radical (unpaired) electrons. The normalized spacial score (nSPS) is 11.5. The molecule has 0 aliphatic heterocycles. The van der Waals surface area contributed by atoms with E-state index in [0.717, 1.165) is 5.69 Å². The van der Waals surface area contributed by atoms with Crippen molar-refractivity contribution in [3.8, 4) is 5.75 Å². The first kappa shape index (κ1) is 17.5. The molecule has 126 valence electrons. The van der Waals surface area contributed by atoms with E-state index in [1.165, 1.54) is 6.92 Å². The van der Waals surface area contributed by atoms with Crippen molar-refractivity contribution < 1.29 is 14.3 Å². The highest BCUT2D eigenvalue weighted by atomic mass is 16.5. The monoisotopic (exact) mass is 326 g/mol. The van der Waals surface area contributed by atoms with Crippen LogP contribution in [-0.4, -0.2) is 25.0 Å². The Kier molecular flexibility index (Phi) is 5.95. The first-order valence-corrected chi connectivity index (χ1v) is 7.88. The van der Waals surface area contributed by atoms with E-state index >= 15 is 0 Å². The summed E-state index contributed by atoms with van der Waals surface area (Å²) in [5.74, 6) is 0.418. The lowest BCUT2D eigenvalue weighted by Crippen LogP contribution is -2.32. The van der Waals surface area contributed by atoms with Crippen molar-refractivity contribution in [3.63, 3.8) is 0 Å². The summed E-state index contributed by atoms with van der Waals surface area (Å²) in [6, 6.07) is 16.4. The molecule has 1 N–H and O–H groups in total. The second kappa shape index (κ2) is 8.15. The number of ether oxygens (including phenoxy) is 1. The number of nitrogens with one attached hydrogen (secondary N) is 1. The number of para-hydroxylation sites is 1. The number of nitrogens with zero attached hydrogens (tertiary/aromatic N) is 1. The highest BCUT2D eigenvalue weighted by Crippen LogP contribution is 2.18. The van der Waals surface area contributed by atoms with Gasteiger partial charge in [0.05, 0.1) is 0 Å². The summed E-state index contributed by atoms with van der Waals surface area (Å²) in [5, 5.41) is 2.84. The highest BCUT2D eigenvalue weighted by molar-refractivity contribution is 5.95. The Morgan fingerprint density at radius 2 is 1.71 bits per heavy atom. The second-order valence-corrected chi connectivity index (χ2v) is 5.44. The minimum Gasteiger partial charge on any atom is -0.481 e. The molecule has 0 spiro atoms. The molecular weight excluding hydrogens is 304 g/mol. The van der Waals surface area contributed by atoms with E-state index in [2.05, 4.69) is 5.32 Å². The van der Waals surface area contributed by atoms with Gasteiger partial charge in [-0.05, 0) is 42.8 Å². The molecule has 0 saturated heterocycles. The van der Waals surface area contributed by atoms with Gasteiger partial charge in [0, 0.05) is 25.3 Å². The van der Waals surface area contributed by atoms with Crippen LogP contribution in [0.15, 0.2) is 54.6 Å². The number of hydrogen-bond acceptors (Lipinski definition) is 3. The fourth-order valence-electron chi connectivity index (χ4n) is 2.16. The van der Waals surface area contributed by atoms with E-state index in [1.807, 2.05) is 37.3 Å². The van der Waals surface area contributed by atoms with Crippen molar-refractivity contribution in [1.29, 1.82) is 0 Å². The van der Waals surface area contributed by atoms with E-state index in [4.69, 9.17) is 4.74 Å². The van der Waals surface area contributed by atoms with Gasteiger partial charge in [0.2, 0.25) is 5.91 Å². The van der Waals surface area contributed by atoms with Crippen LogP contribution in [-0.2, 0) is 9.59 Å². The topological polar surface area (TPSA) is 58.6 Å². The maximum atomic E-state index is 12.4. The first-order valence-electron chi connectivity index (χ1n) is 7.88. The van der Waals surface area contributed by atoms with Crippen molar-refractivity contribution in [2.75, 3.05) is 17.3 Å². The Morgan fingerprint density at radius 3 is 2.25 bits per heavy atom. The molecule has 0 aromatic heterocycles. The average molecular weight is 326 g/mol. The number of anilines is 2. The van der Waals surface area contributed by atoms with Gasteiger partial charge < -0.3 is 15.0 Å². The number of rotatable bonds is 6. The molecule has 0 fully saturated rings. The van der Waals surface area contributed by atoms with Crippen LogP contribution in [0.25, 0.3) is 0 Å². The van der Waals surface area contributed by atoms with Crippen molar-refractivity contribution in [3.05, 3.63) is 54.6 Å². The van der Waals surface area contributed by atoms with Crippen LogP contribution in [0.1, 0.15) is 20.3 Å². The van der Waals surface area contributed by atoms with E-state index in [9.17, 15) is 9.59 Å². The lowest BCUT2D eigenvalue weighted by Gasteiger charge is -2.18. The molecule has 0 heterocycles. The lowest BCUT2D eigenvalue weighted by molar-refractivity contribution is -0.122. The molecule has 0 aliphatic rings. The number of carbonyl (C=O) groups excluding carboxylic acids is 2. The molecule has 1 atom stereocenters. The molecule has 2 amide bonds. The summed E-state index contributed by atoms with van der Waals surface area (Å²) in [5.41, 5.74) is 1.43. The van der Waals surface area contributed by atoms with E-state index in [-0.39, 0.29) is 11.8 Å². The lowest BCUT2D eigenvalue weighted by atomic mass is 10.2. The van der Waals surface area contributed by atoms with Crippen molar-refractivity contribution >= 4 is 23.2 Å². The Balaban J connectivity index is 2.01. The molecule has 1 unspecified atom stereocenters. The molecule has 0 bridgehead atoms. The van der Waals surface area contributed by atoms with Crippen molar-refractivity contribution in [2.45, 2.75) is 26.4 Å². The third-order valence-electron chi connectivity index (χ3n) is 3.68. The van der Waals surface area contributed by atoms with Gasteiger partial charge in [-0.3, -0.25) is 9.59 Å². The van der Waals surface area contributed by atoms with Crippen LogP contribution < -0.4 is 15.0 Å². The molecule has 2 aromatic rings. The zero-order valence-corrected chi connectivity index (χ0v) is 14.2. The minimum atomic E-state index is -0.563. The number of carbonyl (C=O) groups is 2. The van der Waals surface area contributed by atoms with Crippen molar-refractivity contribution in [1.82, 2.24) is 0 Å². The summed E-state index contributed by atoms with van der Waals surface area (Å²) in [4.78, 5) is 25.3. The fourth-order valence-corrected chi connectivity index (χ4v) is 2.16. The van der Waals surface area contributed by atoms with Gasteiger partial charge in [-0.2, -0.15) is 0 Å². The van der Waals surface area contributed by atoms with E-state index in [1.54, 1.807) is 36.2 Å². The van der Waals surface area contributed by atoms with Crippen LogP contribution in [0, 0.1) is 0 Å². The maximum Gasteiger partial charge on any atom is 0.265 e. The summed E-state index contributed by atoms with van der Waals surface area (Å²) in [6.07, 6.45) is -0.00160. The van der Waals surface area contributed by atoms with Crippen molar-refractivity contribution in [2.24, 2.45) is 0 Å². The number of benzene rings is 2. The van der Waals surface area contributed by atoms with Crippen LogP contribution in [0.4, 0.5) is 11.4 Å². The fraction of sp³-hybridized carbons (Fsp3) is 0.263. The predicted molar refractivity (Wildman–Crippen MR) is 95.3 cm³/mol. The molecule has 2 aromatic carbocycles. The van der Waals surface area contributed by atoms with Gasteiger partial charge in [-0.1, -0.05) is 25.1 Å². The zero-order chi connectivity index (χ0) is 17.5. The first-order chi connectivity index (χ1) is 11.5. The number of amides is 2. The van der Waals surface area contributed by atoms with Crippen LogP contribution in [0.3, 0.4) is 0 Å². The van der Waals surface area contributed by atoms with Gasteiger partial charge in [0.15, 0.2) is 6.10 Å². The Hall–Kier alpha value is -2.82. The maximum absolute atomic E-state index is 12.4. The minimum absolute atomic E-state index is 0.0471. The second-order valence-electron chi connectivity index (χ2n) is 5.44. The SMILES string of the molecule is CCC(Oc1ccccc1)C(=O)Nc1ccc(N(C)C(C)=O)cc1. The standard InChI is InChI=1S/C19H22N2O3/c1-4-18(24-17-8-6-5-7-9-17)19(23)20-15-10-12-16(13-11-15)21(3)14(2)22/h5-13,18H,4H2,1-3H3,(H,20,23). The summed E-state index contributed by atoms with van der Waals surface area (Å²) >= 11 is 0. The van der Waals surface area contributed by atoms with E-state index in [0.29, 0.717) is 17.9 Å². The summed E-state index contributed by atoms with van der Waals surface area (Å²) < 4.78 is 5.73. The van der Waals surface area contributed by atoms with Crippen LogP contribution in [0.5, 0.6) is 5.75 Å². The van der Waals surface area contributed by atoms with Gasteiger partial charge in [-0.25, -0.2) is 0 Å². The van der Waals surface area contributed by atoms with Gasteiger partial charge in [0.1, 0.15) is 5.75 Å². The molecule has 24 heavy (non-hydrogen) atoms. The molecule has 5 nitrogen and oxygen atoms in total. The average Bonchev–Trinajstić information content (AvgIpc) is 2.60.